The van der Waals surface area contributed by atoms with Gasteiger partial charge in [0.2, 0.25) is 5.91 Å². The highest BCUT2D eigenvalue weighted by Gasteiger charge is 2.30. The van der Waals surface area contributed by atoms with Crippen LogP contribution in [0, 0.1) is 0 Å². The van der Waals surface area contributed by atoms with Crippen molar-refractivity contribution in [2.45, 2.75) is 31.7 Å². The van der Waals surface area contributed by atoms with Gasteiger partial charge in [-0.25, -0.2) is 0 Å². The highest BCUT2D eigenvalue weighted by atomic mass is 16.2. The first-order chi connectivity index (χ1) is 14.2. The fourth-order valence-corrected chi connectivity index (χ4v) is 4.79. The zero-order valence-corrected chi connectivity index (χ0v) is 16.4. The molecule has 1 fully saturated rings. The van der Waals surface area contributed by atoms with Crippen molar-refractivity contribution >= 4 is 22.4 Å². The maximum absolute atomic E-state index is 12.5. The predicted molar refractivity (Wildman–Crippen MR) is 115 cm³/mol. The second kappa shape index (κ2) is 7.39. The van der Waals surface area contributed by atoms with Crippen molar-refractivity contribution in [3.05, 3.63) is 76.2 Å². The number of amides is 1. The highest BCUT2D eigenvalue weighted by Crippen LogP contribution is 2.39. The molecule has 148 valence electrons. The molecule has 3 aromatic rings. The van der Waals surface area contributed by atoms with Gasteiger partial charge in [-0.3, -0.25) is 9.59 Å². The van der Waals surface area contributed by atoms with Gasteiger partial charge < -0.3 is 14.8 Å². The van der Waals surface area contributed by atoms with Gasteiger partial charge in [0.05, 0.1) is 6.54 Å². The number of anilines is 1. The van der Waals surface area contributed by atoms with Crippen molar-refractivity contribution in [3.8, 4) is 0 Å². The number of carbonyl (C=O) groups is 1. The number of fused-ring (bicyclic) bond motifs is 2. The SMILES string of the molecule is O=C1CCCN1CCC1CN(Cc2cc3ccccc3c(=O)[nH]2)c2ccccc21. The maximum atomic E-state index is 12.5. The van der Waals surface area contributed by atoms with Gasteiger partial charge in [0.15, 0.2) is 0 Å². The molecule has 2 aliphatic rings. The van der Waals surface area contributed by atoms with Crippen LogP contribution in [0.5, 0.6) is 0 Å². The Hall–Kier alpha value is -3.08. The lowest BCUT2D eigenvalue weighted by Gasteiger charge is -2.21. The molecule has 1 aromatic heterocycles. The van der Waals surface area contributed by atoms with Crippen LogP contribution in [0.3, 0.4) is 0 Å². The van der Waals surface area contributed by atoms with Gasteiger partial charge in [0.25, 0.3) is 5.56 Å². The fraction of sp³-hybridized carbons (Fsp3) is 0.333. The lowest BCUT2D eigenvalue weighted by Crippen LogP contribution is -2.28. The Balaban J connectivity index is 1.37. The summed E-state index contributed by atoms with van der Waals surface area (Å²) in [6.07, 6.45) is 2.66. The Bertz CT molecular complexity index is 1120. The number of likely N-dealkylation sites (tertiary alicyclic amines) is 1. The van der Waals surface area contributed by atoms with Crippen LogP contribution in [0.2, 0.25) is 0 Å². The molecule has 29 heavy (non-hydrogen) atoms. The van der Waals surface area contributed by atoms with E-state index < -0.39 is 0 Å². The van der Waals surface area contributed by atoms with Gasteiger partial charge in [-0.1, -0.05) is 36.4 Å². The third kappa shape index (κ3) is 3.41. The number of rotatable bonds is 5. The summed E-state index contributed by atoms with van der Waals surface area (Å²) in [4.78, 5) is 31.8. The molecular formula is C24H25N3O2. The van der Waals surface area contributed by atoms with E-state index in [9.17, 15) is 9.59 Å². The van der Waals surface area contributed by atoms with Gasteiger partial charge in [0, 0.05) is 48.7 Å². The molecule has 0 radical (unpaired) electrons. The summed E-state index contributed by atoms with van der Waals surface area (Å²) in [6.45, 7) is 3.32. The average Bonchev–Trinajstić information content (AvgIpc) is 3.30. The van der Waals surface area contributed by atoms with E-state index in [2.05, 4.69) is 40.2 Å². The zero-order valence-electron chi connectivity index (χ0n) is 16.4. The number of hydrogen-bond donors (Lipinski definition) is 1. The third-order valence-corrected chi connectivity index (χ3v) is 6.25. The van der Waals surface area contributed by atoms with E-state index in [4.69, 9.17) is 0 Å². The van der Waals surface area contributed by atoms with E-state index in [-0.39, 0.29) is 5.56 Å². The molecule has 2 aliphatic heterocycles. The summed E-state index contributed by atoms with van der Waals surface area (Å²) in [5.41, 5.74) is 3.48. The van der Waals surface area contributed by atoms with Crippen LogP contribution in [0.1, 0.15) is 36.4 Å². The Morgan fingerprint density at radius 2 is 1.83 bits per heavy atom. The molecule has 0 saturated carbocycles. The molecule has 1 N–H and O–H groups in total. The lowest BCUT2D eigenvalue weighted by atomic mass is 9.98. The first kappa shape index (κ1) is 18.0. The summed E-state index contributed by atoms with van der Waals surface area (Å²) < 4.78 is 0. The third-order valence-electron chi connectivity index (χ3n) is 6.25. The van der Waals surface area contributed by atoms with Crippen LogP contribution in [-0.2, 0) is 11.3 Å². The average molecular weight is 387 g/mol. The standard InChI is InChI=1S/C24H25N3O2/c28-23-10-5-12-26(23)13-11-18-15-27(22-9-4-3-7-20(18)22)16-19-14-17-6-1-2-8-21(17)24(29)25-19/h1-4,6-9,14,18H,5,10-13,15-16H2,(H,25,29). The number of pyridine rings is 1. The number of hydrogen-bond acceptors (Lipinski definition) is 3. The van der Waals surface area contributed by atoms with E-state index in [1.54, 1.807) is 0 Å². The fourth-order valence-electron chi connectivity index (χ4n) is 4.79. The predicted octanol–water partition coefficient (Wildman–Crippen LogP) is 3.64. The highest BCUT2D eigenvalue weighted by molar-refractivity contribution is 5.81. The molecule has 0 spiro atoms. The molecule has 1 amide bonds. The van der Waals surface area contributed by atoms with Gasteiger partial charge in [-0.05, 0) is 42.0 Å². The second-order valence-corrected chi connectivity index (χ2v) is 8.12. The topological polar surface area (TPSA) is 56.4 Å². The molecule has 5 rings (SSSR count). The number of aromatic amines is 1. The number of para-hydroxylation sites is 1. The largest absolute Gasteiger partial charge is 0.365 e. The Labute approximate surface area is 170 Å². The van der Waals surface area contributed by atoms with Crippen molar-refractivity contribution in [2.24, 2.45) is 0 Å². The van der Waals surface area contributed by atoms with Crippen LogP contribution in [0.25, 0.3) is 10.8 Å². The van der Waals surface area contributed by atoms with E-state index >= 15 is 0 Å². The minimum absolute atomic E-state index is 0.0327. The Morgan fingerprint density at radius 1 is 1.00 bits per heavy atom. The van der Waals surface area contributed by atoms with Crippen molar-refractivity contribution in [1.82, 2.24) is 9.88 Å². The van der Waals surface area contributed by atoms with Crippen LogP contribution >= 0.6 is 0 Å². The number of carbonyl (C=O) groups excluding carboxylic acids is 1. The van der Waals surface area contributed by atoms with Gasteiger partial charge in [-0.2, -0.15) is 0 Å². The summed E-state index contributed by atoms with van der Waals surface area (Å²) in [7, 11) is 0. The minimum Gasteiger partial charge on any atom is -0.365 e. The number of aromatic nitrogens is 1. The van der Waals surface area contributed by atoms with Gasteiger partial charge in [-0.15, -0.1) is 0 Å². The lowest BCUT2D eigenvalue weighted by molar-refractivity contribution is -0.127. The molecule has 5 nitrogen and oxygen atoms in total. The quantitative estimate of drug-likeness (QED) is 0.727. The first-order valence-corrected chi connectivity index (χ1v) is 10.4. The molecule has 0 aliphatic carbocycles. The molecule has 1 atom stereocenters. The summed E-state index contributed by atoms with van der Waals surface area (Å²) >= 11 is 0. The molecular weight excluding hydrogens is 362 g/mol. The molecule has 3 heterocycles. The second-order valence-electron chi connectivity index (χ2n) is 8.12. The minimum atomic E-state index is -0.0327. The first-order valence-electron chi connectivity index (χ1n) is 10.4. The normalized spacial score (nSPS) is 18.6. The summed E-state index contributed by atoms with van der Waals surface area (Å²) in [5, 5.41) is 1.70. The number of nitrogens with zero attached hydrogens (tertiary/aromatic N) is 2. The molecule has 5 heteroatoms. The number of H-pyrrole nitrogens is 1. The zero-order chi connectivity index (χ0) is 19.8. The van der Waals surface area contributed by atoms with Crippen LogP contribution in [0.15, 0.2) is 59.4 Å². The van der Waals surface area contributed by atoms with E-state index in [0.29, 0.717) is 24.8 Å². The molecule has 1 unspecified atom stereocenters. The van der Waals surface area contributed by atoms with E-state index in [1.807, 2.05) is 29.2 Å². The van der Waals surface area contributed by atoms with E-state index in [0.717, 1.165) is 48.9 Å². The van der Waals surface area contributed by atoms with Gasteiger partial charge >= 0.3 is 0 Å². The van der Waals surface area contributed by atoms with Crippen LogP contribution < -0.4 is 10.5 Å². The molecule has 0 bridgehead atoms. The Kier molecular flexibility index (Phi) is 4.58. The smallest absolute Gasteiger partial charge is 0.256 e. The summed E-state index contributed by atoms with van der Waals surface area (Å²) in [6, 6.07) is 18.3. The van der Waals surface area contributed by atoms with Crippen LogP contribution in [-0.4, -0.2) is 35.4 Å². The number of nitrogens with one attached hydrogen (secondary N) is 1. The van der Waals surface area contributed by atoms with Crippen LogP contribution in [0.4, 0.5) is 5.69 Å². The van der Waals surface area contributed by atoms with Crippen molar-refractivity contribution in [2.75, 3.05) is 24.5 Å². The van der Waals surface area contributed by atoms with E-state index in [1.165, 1.54) is 11.3 Å². The van der Waals surface area contributed by atoms with Crippen molar-refractivity contribution in [3.63, 3.8) is 0 Å². The monoisotopic (exact) mass is 387 g/mol. The van der Waals surface area contributed by atoms with Crippen molar-refractivity contribution in [1.29, 1.82) is 0 Å². The summed E-state index contributed by atoms with van der Waals surface area (Å²) in [5.74, 6) is 0.702. The number of benzene rings is 2. The van der Waals surface area contributed by atoms with Gasteiger partial charge in [0.1, 0.15) is 0 Å². The molecule has 1 saturated heterocycles. The Morgan fingerprint density at radius 3 is 2.69 bits per heavy atom. The molecule has 2 aromatic carbocycles. The van der Waals surface area contributed by atoms with Crippen molar-refractivity contribution < 1.29 is 4.79 Å². The maximum Gasteiger partial charge on any atom is 0.256 e.